The van der Waals surface area contributed by atoms with Gasteiger partial charge in [0.1, 0.15) is 17.5 Å². The zero-order chi connectivity index (χ0) is 24.6. The number of aromatic nitrogens is 1. The number of hydrogen-bond acceptors (Lipinski definition) is 7. The maximum atomic E-state index is 13.1. The van der Waals surface area contributed by atoms with Crippen LogP contribution in [0, 0.1) is 6.92 Å². The Morgan fingerprint density at radius 2 is 1.94 bits per heavy atom. The molecule has 9 heteroatoms. The molecule has 1 aromatic heterocycles. The van der Waals surface area contributed by atoms with E-state index in [1.807, 2.05) is 42.5 Å². The van der Waals surface area contributed by atoms with Gasteiger partial charge in [0.15, 0.2) is 11.5 Å². The number of ether oxygens (including phenoxy) is 2. The number of benzene rings is 2. The highest BCUT2D eigenvalue weighted by Crippen LogP contribution is 2.33. The average molecular weight is 479 g/mol. The molecule has 9 nitrogen and oxygen atoms in total. The zero-order valence-electron chi connectivity index (χ0n) is 19.9. The number of nitrogens with one attached hydrogen (secondary N) is 3. The molecule has 3 N–H and O–H groups in total. The summed E-state index contributed by atoms with van der Waals surface area (Å²) in [6, 6.07) is 14.4. The van der Waals surface area contributed by atoms with Crippen LogP contribution >= 0.6 is 0 Å². The summed E-state index contributed by atoms with van der Waals surface area (Å²) in [6.07, 6.45) is 1.06. The van der Waals surface area contributed by atoms with Crippen molar-refractivity contribution in [3.63, 3.8) is 0 Å². The summed E-state index contributed by atoms with van der Waals surface area (Å²) in [7, 11) is 1.58. The van der Waals surface area contributed by atoms with E-state index in [-0.39, 0.29) is 24.9 Å². The number of rotatable bonds is 3. The molecule has 0 saturated carbocycles. The molecule has 1 aliphatic rings. The van der Waals surface area contributed by atoms with Crippen molar-refractivity contribution in [1.82, 2.24) is 20.9 Å². The molecule has 2 aromatic carbocycles. The van der Waals surface area contributed by atoms with Crippen molar-refractivity contribution >= 4 is 11.8 Å². The molecule has 4 rings (SSSR count). The van der Waals surface area contributed by atoms with E-state index in [1.165, 1.54) is 0 Å². The topological polar surface area (TPSA) is 115 Å². The number of methoxy groups -OCH3 is 1. The number of fused-ring (bicyclic) bond motifs is 5. The van der Waals surface area contributed by atoms with Gasteiger partial charge >= 0.3 is 0 Å². The number of oxazole rings is 1. The standard InChI is InChI=1S/C26H30N4O5/c1-17-21-15-28-25(32)20(13-18-7-4-3-5-8-18)29-24(31)16-27-11-6-12-34-23-14-19(26(30-21)35-17)9-10-22(23)33-2/h3-5,7-10,14,20,27H,6,11-13,15-16H2,1-2H3,(H,28,32)(H,29,31)/t20-/m1/s1. The molecule has 0 radical (unpaired) electrons. The summed E-state index contributed by atoms with van der Waals surface area (Å²) in [5.41, 5.74) is 2.31. The van der Waals surface area contributed by atoms with E-state index in [0.717, 1.165) is 11.1 Å². The Morgan fingerprint density at radius 1 is 1.11 bits per heavy atom. The lowest BCUT2D eigenvalue weighted by Gasteiger charge is -2.19. The van der Waals surface area contributed by atoms with Crippen molar-refractivity contribution in [2.75, 3.05) is 26.8 Å². The number of carbonyl (C=O) groups excluding carboxylic acids is 2. The Morgan fingerprint density at radius 3 is 2.74 bits per heavy atom. The summed E-state index contributed by atoms with van der Waals surface area (Å²) in [5, 5.41) is 8.85. The van der Waals surface area contributed by atoms with Gasteiger partial charge in [0.05, 0.1) is 26.8 Å². The molecule has 2 amide bonds. The molecule has 4 bridgehead atoms. The van der Waals surface area contributed by atoms with Gasteiger partial charge in [-0.15, -0.1) is 0 Å². The van der Waals surface area contributed by atoms with Crippen molar-refractivity contribution in [2.45, 2.75) is 32.4 Å². The van der Waals surface area contributed by atoms with E-state index >= 15 is 0 Å². The Hall–Kier alpha value is -3.85. The molecule has 184 valence electrons. The molecular formula is C26H30N4O5. The second-order valence-electron chi connectivity index (χ2n) is 8.29. The van der Waals surface area contributed by atoms with Crippen molar-refractivity contribution in [1.29, 1.82) is 0 Å². The van der Waals surface area contributed by atoms with Crippen molar-refractivity contribution in [3.8, 4) is 23.0 Å². The number of hydrogen-bond donors (Lipinski definition) is 3. The van der Waals surface area contributed by atoms with Crippen molar-refractivity contribution in [2.24, 2.45) is 0 Å². The van der Waals surface area contributed by atoms with E-state index in [9.17, 15) is 9.59 Å². The van der Waals surface area contributed by atoms with Crippen molar-refractivity contribution < 1.29 is 23.5 Å². The van der Waals surface area contributed by atoms with Crippen LogP contribution in [0.1, 0.15) is 23.4 Å². The molecule has 0 fully saturated rings. The van der Waals surface area contributed by atoms with Gasteiger partial charge in [0, 0.05) is 12.0 Å². The van der Waals surface area contributed by atoms with Crippen LogP contribution in [0.5, 0.6) is 11.5 Å². The Kier molecular flexibility index (Phi) is 7.99. The molecule has 2 heterocycles. The molecule has 1 atom stereocenters. The lowest BCUT2D eigenvalue weighted by Crippen LogP contribution is -2.50. The molecule has 0 aliphatic carbocycles. The predicted octanol–water partition coefficient (Wildman–Crippen LogP) is 2.37. The summed E-state index contributed by atoms with van der Waals surface area (Å²) in [5.74, 6) is 1.68. The highest BCUT2D eigenvalue weighted by molar-refractivity contribution is 5.88. The zero-order valence-corrected chi connectivity index (χ0v) is 19.9. The van der Waals surface area contributed by atoms with E-state index in [4.69, 9.17) is 13.9 Å². The second kappa shape index (κ2) is 11.5. The number of amides is 2. The van der Waals surface area contributed by atoms with E-state index < -0.39 is 6.04 Å². The normalized spacial score (nSPS) is 17.4. The van der Waals surface area contributed by atoms with Gasteiger partial charge in [-0.1, -0.05) is 30.3 Å². The first-order valence-electron chi connectivity index (χ1n) is 11.6. The number of nitrogens with zero attached hydrogens (tertiary/aromatic N) is 1. The highest BCUT2D eigenvalue weighted by Gasteiger charge is 2.22. The third kappa shape index (κ3) is 6.39. The first-order valence-corrected chi connectivity index (χ1v) is 11.6. The number of carbonyl (C=O) groups is 2. The smallest absolute Gasteiger partial charge is 0.243 e. The molecule has 0 spiro atoms. The quantitative estimate of drug-likeness (QED) is 0.529. The fourth-order valence-corrected chi connectivity index (χ4v) is 3.82. The summed E-state index contributed by atoms with van der Waals surface area (Å²) < 4.78 is 17.2. The Labute approximate surface area is 204 Å². The second-order valence-corrected chi connectivity index (χ2v) is 8.29. The fourth-order valence-electron chi connectivity index (χ4n) is 3.82. The SMILES string of the molecule is COc1ccc2cc1OCCCNCC(=O)N[C@H](Cc1ccccc1)C(=O)NCc1nc-2oc1C. The van der Waals surface area contributed by atoms with Gasteiger partial charge in [-0.3, -0.25) is 9.59 Å². The van der Waals surface area contributed by atoms with Crippen LogP contribution in [-0.4, -0.2) is 49.6 Å². The van der Waals surface area contributed by atoms with Crippen LogP contribution in [-0.2, 0) is 22.6 Å². The minimum Gasteiger partial charge on any atom is -0.493 e. The highest BCUT2D eigenvalue weighted by atomic mass is 16.5. The van der Waals surface area contributed by atoms with E-state index in [2.05, 4.69) is 20.9 Å². The first kappa shape index (κ1) is 24.3. The summed E-state index contributed by atoms with van der Waals surface area (Å²) >= 11 is 0. The van der Waals surface area contributed by atoms with E-state index in [0.29, 0.717) is 54.8 Å². The molecule has 1 aliphatic heterocycles. The Balaban J connectivity index is 1.58. The van der Waals surface area contributed by atoms with Crippen LogP contribution in [0.4, 0.5) is 0 Å². The van der Waals surface area contributed by atoms with Crippen LogP contribution in [0.25, 0.3) is 11.5 Å². The lowest BCUT2D eigenvalue weighted by molar-refractivity contribution is -0.128. The monoisotopic (exact) mass is 478 g/mol. The molecule has 35 heavy (non-hydrogen) atoms. The fraction of sp³-hybridized carbons (Fsp3) is 0.346. The summed E-state index contributed by atoms with van der Waals surface area (Å²) in [4.78, 5) is 30.2. The molecule has 3 aromatic rings. The van der Waals surface area contributed by atoms with Crippen LogP contribution in [0.2, 0.25) is 0 Å². The van der Waals surface area contributed by atoms with Crippen LogP contribution in [0.15, 0.2) is 52.9 Å². The Bertz CT molecular complexity index is 1160. The van der Waals surface area contributed by atoms with Gasteiger partial charge < -0.3 is 29.8 Å². The predicted molar refractivity (Wildman–Crippen MR) is 130 cm³/mol. The largest absolute Gasteiger partial charge is 0.493 e. The first-order chi connectivity index (χ1) is 17.0. The molecule has 0 saturated heterocycles. The third-order valence-corrected chi connectivity index (χ3v) is 5.71. The van der Waals surface area contributed by atoms with Crippen LogP contribution in [0.3, 0.4) is 0 Å². The van der Waals surface area contributed by atoms with Crippen molar-refractivity contribution in [3.05, 3.63) is 65.5 Å². The van der Waals surface area contributed by atoms with Gasteiger partial charge in [-0.05, 0) is 43.7 Å². The van der Waals surface area contributed by atoms with Gasteiger partial charge in [0.2, 0.25) is 17.7 Å². The minimum absolute atomic E-state index is 0.100. The van der Waals surface area contributed by atoms with Gasteiger partial charge in [-0.25, -0.2) is 4.98 Å². The van der Waals surface area contributed by atoms with E-state index in [1.54, 1.807) is 20.1 Å². The minimum atomic E-state index is -0.718. The summed E-state index contributed by atoms with van der Waals surface area (Å²) in [6.45, 7) is 3.09. The maximum absolute atomic E-state index is 13.1. The average Bonchev–Trinajstić information content (AvgIpc) is 3.24. The molecule has 0 unspecified atom stereocenters. The lowest BCUT2D eigenvalue weighted by atomic mass is 10.1. The van der Waals surface area contributed by atoms with Crippen LogP contribution < -0.4 is 25.4 Å². The third-order valence-electron chi connectivity index (χ3n) is 5.71. The van der Waals surface area contributed by atoms with Gasteiger partial charge in [-0.2, -0.15) is 0 Å². The van der Waals surface area contributed by atoms with Gasteiger partial charge in [0.25, 0.3) is 0 Å². The molecular weight excluding hydrogens is 448 g/mol. The number of aryl methyl sites for hydroxylation is 1. The maximum Gasteiger partial charge on any atom is 0.243 e.